The largest absolute Gasteiger partial charge is 0.381 e. The number of allylic oxidation sites excluding steroid dienone is 1. The lowest BCUT2D eigenvalue weighted by Crippen LogP contribution is -2.45. The number of ketones is 1. The molecule has 0 aromatic heterocycles. The van der Waals surface area contributed by atoms with Crippen LogP contribution in [-0.4, -0.2) is 42.2 Å². The molecular weight excluding hydrogens is 282 g/mol. The third-order valence-corrected chi connectivity index (χ3v) is 6.50. The van der Waals surface area contributed by atoms with E-state index in [-0.39, 0.29) is 12.0 Å². The smallest absolute Gasteiger partial charge is 0.183 e. The number of methoxy groups -OCH3 is 1. The summed E-state index contributed by atoms with van der Waals surface area (Å²) < 4.78 is 5.51. The first-order chi connectivity index (χ1) is 10.1. The van der Waals surface area contributed by atoms with E-state index in [1.165, 1.54) is 6.42 Å². The van der Waals surface area contributed by atoms with Crippen molar-refractivity contribution in [3.05, 3.63) is 11.1 Å². The normalized spacial score (nSPS) is 40.7. The molecule has 0 N–H and O–H groups in total. The SMILES string of the molecule is COC1CCC2SC=C(N3CC(C)CC(C)C3)C(=O)C2C1. The summed E-state index contributed by atoms with van der Waals surface area (Å²) in [6.07, 6.45) is 4.66. The van der Waals surface area contributed by atoms with Gasteiger partial charge in [0.15, 0.2) is 5.78 Å². The van der Waals surface area contributed by atoms with Crippen LogP contribution in [0.4, 0.5) is 0 Å². The van der Waals surface area contributed by atoms with Crippen molar-refractivity contribution in [2.75, 3.05) is 20.2 Å². The van der Waals surface area contributed by atoms with Crippen LogP contribution in [0.1, 0.15) is 39.5 Å². The van der Waals surface area contributed by atoms with Gasteiger partial charge in [-0.05, 0) is 42.9 Å². The Hall–Kier alpha value is -0.480. The van der Waals surface area contributed by atoms with Crippen molar-refractivity contribution in [1.29, 1.82) is 0 Å². The summed E-state index contributed by atoms with van der Waals surface area (Å²) in [5.74, 6) is 1.91. The van der Waals surface area contributed by atoms with E-state index in [1.807, 2.05) is 11.8 Å². The third-order valence-electron chi connectivity index (χ3n) is 5.23. The standard InChI is InChI=1S/C17H27NO2S/c1-11-6-12(2)9-18(8-11)15-10-21-16-5-4-13(20-3)7-14(16)17(15)19/h10-14,16H,4-9H2,1-3H3. The van der Waals surface area contributed by atoms with Gasteiger partial charge in [0.2, 0.25) is 0 Å². The minimum atomic E-state index is 0.168. The van der Waals surface area contributed by atoms with Gasteiger partial charge in [0, 0.05) is 31.4 Å². The van der Waals surface area contributed by atoms with Crippen LogP contribution in [0.5, 0.6) is 0 Å². The van der Waals surface area contributed by atoms with Crippen LogP contribution in [0.2, 0.25) is 0 Å². The first kappa shape index (κ1) is 15.4. The first-order valence-electron chi connectivity index (χ1n) is 8.26. The molecule has 21 heavy (non-hydrogen) atoms. The number of carbonyl (C=O) groups excluding carboxylic acids is 1. The number of hydrogen-bond acceptors (Lipinski definition) is 4. The number of piperidine rings is 1. The number of Topliss-reactive ketones (excluding diaryl/α,β-unsaturated/α-hetero) is 1. The Morgan fingerprint density at radius 1 is 1.19 bits per heavy atom. The zero-order valence-corrected chi connectivity index (χ0v) is 14.2. The Bertz CT molecular complexity index is 427. The van der Waals surface area contributed by atoms with Gasteiger partial charge in [-0.1, -0.05) is 13.8 Å². The van der Waals surface area contributed by atoms with E-state index in [1.54, 1.807) is 7.11 Å². The molecule has 3 rings (SSSR count). The van der Waals surface area contributed by atoms with Crippen molar-refractivity contribution in [2.45, 2.75) is 50.9 Å². The van der Waals surface area contributed by atoms with Crippen molar-refractivity contribution in [3.63, 3.8) is 0 Å². The van der Waals surface area contributed by atoms with E-state index in [4.69, 9.17) is 4.74 Å². The second-order valence-electron chi connectivity index (χ2n) is 7.17. The fraction of sp³-hybridized carbons (Fsp3) is 0.824. The molecule has 118 valence electrons. The average Bonchev–Trinajstić information content (AvgIpc) is 2.46. The van der Waals surface area contributed by atoms with Crippen molar-refractivity contribution >= 4 is 17.5 Å². The molecule has 2 fully saturated rings. The van der Waals surface area contributed by atoms with Crippen LogP contribution < -0.4 is 0 Å². The molecule has 0 aromatic carbocycles. The molecule has 2 heterocycles. The topological polar surface area (TPSA) is 29.5 Å². The predicted octanol–water partition coefficient (Wildman–Crippen LogP) is 3.31. The van der Waals surface area contributed by atoms with E-state index < -0.39 is 0 Å². The highest BCUT2D eigenvalue weighted by Gasteiger charge is 2.41. The number of carbonyl (C=O) groups is 1. The number of rotatable bonds is 2. The highest BCUT2D eigenvalue weighted by Crippen LogP contribution is 2.42. The van der Waals surface area contributed by atoms with Gasteiger partial charge in [-0.2, -0.15) is 0 Å². The summed E-state index contributed by atoms with van der Waals surface area (Å²) in [6, 6.07) is 0. The summed E-state index contributed by atoms with van der Waals surface area (Å²) in [5.41, 5.74) is 0.983. The molecule has 0 aromatic rings. The number of thioether (sulfide) groups is 1. The molecule has 0 bridgehead atoms. The fourth-order valence-corrected chi connectivity index (χ4v) is 5.51. The molecule has 0 amide bonds. The summed E-state index contributed by atoms with van der Waals surface area (Å²) in [7, 11) is 1.77. The molecule has 3 aliphatic rings. The van der Waals surface area contributed by atoms with E-state index in [2.05, 4.69) is 24.2 Å². The Labute approximate surface area is 132 Å². The molecule has 3 nitrogen and oxygen atoms in total. The van der Waals surface area contributed by atoms with Gasteiger partial charge in [0.1, 0.15) is 0 Å². The average molecular weight is 309 g/mol. The number of nitrogens with zero attached hydrogens (tertiary/aromatic N) is 1. The van der Waals surface area contributed by atoms with Crippen LogP contribution in [0.3, 0.4) is 0 Å². The van der Waals surface area contributed by atoms with Gasteiger partial charge in [-0.25, -0.2) is 0 Å². The number of likely N-dealkylation sites (tertiary alicyclic amines) is 1. The number of fused-ring (bicyclic) bond motifs is 1. The number of hydrogen-bond donors (Lipinski definition) is 0. The van der Waals surface area contributed by atoms with Crippen LogP contribution in [0.25, 0.3) is 0 Å². The van der Waals surface area contributed by atoms with Gasteiger partial charge in [-0.15, -0.1) is 11.8 Å². The monoisotopic (exact) mass is 309 g/mol. The van der Waals surface area contributed by atoms with Gasteiger partial charge < -0.3 is 9.64 Å². The summed E-state index contributed by atoms with van der Waals surface area (Å²) in [5, 5.41) is 2.63. The maximum Gasteiger partial charge on any atom is 0.183 e. The van der Waals surface area contributed by atoms with Gasteiger partial charge in [0.05, 0.1) is 11.8 Å². The summed E-state index contributed by atoms with van der Waals surface area (Å²) >= 11 is 1.89. The van der Waals surface area contributed by atoms with Gasteiger partial charge in [0.25, 0.3) is 0 Å². The molecular formula is C17H27NO2S. The Morgan fingerprint density at radius 2 is 1.90 bits per heavy atom. The summed E-state index contributed by atoms with van der Waals surface area (Å²) in [6.45, 7) is 6.67. The maximum atomic E-state index is 13.0. The van der Waals surface area contributed by atoms with Gasteiger partial charge in [-0.3, -0.25) is 4.79 Å². The quantitative estimate of drug-likeness (QED) is 0.783. The van der Waals surface area contributed by atoms with Crippen molar-refractivity contribution in [3.8, 4) is 0 Å². The second-order valence-corrected chi connectivity index (χ2v) is 8.28. The zero-order valence-electron chi connectivity index (χ0n) is 13.4. The van der Waals surface area contributed by atoms with E-state index in [9.17, 15) is 4.79 Å². The lowest BCUT2D eigenvalue weighted by molar-refractivity contribution is -0.123. The third kappa shape index (κ3) is 3.16. The van der Waals surface area contributed by atoms with E-state index in [0.29, 0.717) is 22.9 Å². The molecule has 1 saturated heterocycles. The molecule has 5 atom stereocenters. The van der Waals surface area contributed by atoms with Crippen LogP contribution in [0, 0.1) is 17.8 Å². The van der Waals surface area contributed by atoms with E-state index >= 15 is 0 Å². The van der Waals surface area contributed by atoms with Gasteiger partial charge >= 0.3 is 0 Å². The van der Waals surface area contributed by atoms with Crippen LogP contribution in [0.15, 0.2) is 11.1 Å². The lowest BCUT2D eigenvalue weighted by Gasteiger charge is -2.42. The Balaban J connectivity index is 1.75. The molecule has 1 aliphatic carbocycles. The molecule has 1 saturated carbocycles. The molecule has 2 aliphatic heterocycles. The minimum Gasteiger partial charge on any atom is -0.381 e. The maximum absolute atomic E-state index is 13.0. The number of ether oxygens (including phenoxy) is 1. The predicted molar refractivity (Wildman–Crippen MR) is 87.1 cm³/mol. The highest BCUT2D eigenvalue weighted by molar-refractivity contribution is 8.02. The Kier molecular flexibility index (Phi) is 4.65. The first-order valence-corrected chi connectivity index (χ1v) is 9.20. The van der Waals surface area contributed by atoms with Crippen LogP contribution in [-0.2, 0) is 9.53 Å². The highest BCUT2D eigenvalue weighted by atomic mass is 32.2. The zero-order chi connectivity index (χ0) is 15.0. The van der Waals surface area contributed by atoms with Crippen molar-refractivity contribution in [2.24, 2.45) is 17.8 Å². The minimum absolute atomic E-state index is 0.168. The van der Waals surface area contributed by atoms with Crippen LogP contribution >= 0.6 is 11.8 Å². The Morgan fingerprint density at radius 3 is 2.57 bits per heavy atom. The molecule has 0 radical (unpaired) electrons. The summed E-state index contributed by atoms with van der Waals surface area (Å²) in [4.78, 5) is 15.3. The van der Waals surface area contributed by atoms with E-state index in [0.717, 1.165) is 38.0 Å². The lowest BCUT2D eigenvalue weighted by atomic mass is 9.82. The van der Waals surface area contributed by atoms with Crippen molar-refractivity contribution < 1.29 is 9.53 Å². The molecule has 5 unspecified atom stereocenters. The van der Waals surface area contributed by atoms with Crippen molar-refractivity contribution in [1.82, 2.24) is 4.90 Å². The molecule has 4 heteroatoms. The second kappa shape index (κ2) is 6.33. The molecule has 0 spiro atoms. The fourth-order valence-electron chi connectivity index (χ4n) is 4.25.